The summed E-state index contributed by atoms with van der Waals surface area (Å²) in [4.78, 5) is 16.7. The molecular weight excluding hydrogens is 346 g/mol. The largest absolute Gasteiger partial charge is 0.376 e. The molecule has 130 valence electrons. The second-order valence-electron chi connectivity index (χ2n) is 5.91. The molecule has 5 nitrogen and oxygen atoms in total. The van der Waals surface area contributed by atoms with Gasteiger partial charge in [-0.15, -0.1) is 0 Å². The number of hydrogen-bond acceptors (Lipinski definition) is 4. The molecule has 3 rings (SSSR count). The van der Waals surface area contributed by atoms with Crippen LogP contribution in [-0.2, 0) is 16.1 Å². The van der Waals surface area contributed by atoms with Gasteiger partial charge in [-0.3, -0.25) is 4.79 Å². The average molecular weight is 368 g/mol. The predicted molar refractivity (Wildman–Crippen MR) is 97.7 cm³/mol. The summed E-state index contributed by atoms with van der Waals surface area (Å²) < 4.78 is 7.67. The van der Waals surface area contributed by atoms with Crippen LogP contribution in [-0.4, -0.2) is 40.5 Å². The highest BCUT2D eigenvalue weighted by Crippen LogP contribution is 2.26. The van der Waals surface area contributed by atoms with Crippen LogP contribution in [0.4, 0.5) is 0 Å². The van der Waals surface area contributed by atoms with Crippen LogP contribution < -0.4 is 5.32 Å². The second-order valence-corrected chi connectivity index (χ2v) is 7.29. The van der Waals surface area contributed by atoms with Crippen LogP contribution in [0.1, 0.15) is 26.2 Å². The summed E-state index contributed by atoms with van der Waals surface area (Å²) >= 11 is 7.52. The average Bonchev–Trinajstić information content (AvgIpc) is 3.19. The molecule has 1 fully saturated rings. The van der Waals surface area contributed by atoms with Gasteiger partial charge in [0.2, 0.25) is 5.91 Å². The van der Waals surface area contributed by atoms with E-state index in [0.29, 0.717) is 17.3 Å². The molecule has 1 aliphatic rings. The van der Waals surface area contributed by atoms with Crippen LogP contribution in [0.2, 0.25) is 5.02 Å². The van der Waals surface area contributed by atoms with E-state index in [1.54, 1.807) is 0 Å². The Morgan fingerprint density at radius 2 is 2.42 bits per heavy atom. The summed E-state index contributed by atoms with van der Waals surface area (Å²) in [5.74, 6) is 0.372. The summed E-state index contributed by atoms with van der Waals surface area (Å²) in [6, 6.07) is 5.73. The number of benzene rings is 1. The maximum absolute atomic E-state index is 12.1. The van der Waals surface area contributed by atoms with Crippen molar-refractivity contribution in [3.05, 3.63) is 23.2 Å². The molecule has 0 radical (unpaired) electrons. The standard InChI is InChI=1S/C17H22ClN3O2S/c1-2-7-21-15-6-5-12(18)9-14(15)20-17(21)24-11-16(22)19-10-13-4-3-8-23-13/h5-6,9,13H,2-4,7-8,10-11H2,1H3,(H,19,22). The third kappa shape index (κ3) is 4.23. The number of hydrogen-bond donors (Lipinski definition) is 1. The Morgan fingerprint density at radius 1 is 1.54 bits per heavy atom. The Balaban J connectivity index is 1.63. The Morgan fingerprint density at radius 3 is 3.17 bits per heavy atom. The van der Waals surface area contributed by atoms with Crippen LogP contribution in [0.25, 0.3) is 11.0 Å². The predicted octanol–water partition coefficient (Wildman–Crippen LogP) is 3.49. The van der Waals surface area contributed by atoms with Gasteiger partial charge in [-0.2, -0.15) is 0 Å². The second kappa shape index (κ2) is 8.23. The van der Waals surface area contributed by atoms with Gasteiger partial charge >= 0.3 is 0 Å². The fraction of sp³-hybridized carbons (Fsp3) is 0.529. The highest BCUT2D eigenvalue weighted by Gasteiger charge is 2.17. The minimum Gasteiger partial charge on any atom is -0.376 e. The number of aromatic nitrogens is 2. The Hall–Kier alpha value is -1.24. The van der Waals surface area contributed by atoms with E-state index >= 15 is 0 Å². The van der Waals surface area contributed by atoms with E-state index < -0.39 is 0 Å². The van der Waals surface area contributed by atoms with Crippen molar-refractivity contribution in [2.75, 3.05) is 18.9 Å². The van der Waals surface area contributed by atoms with Crippen molar-refractivity contribution < 1.29 is 9.53 Å². The zero-order valence-corrected chi connectivity index (χ0v) is 15.3. The fourth-order valence-electron chi connectivity index (χ4n) is 2.84. The third-order valence-electron chi connectivity index (χ3n) is 4.01. The number of imidazole rings is 1. The zero-order chi connectivity index (χ0) is 16.9. The SMILES string of the molecule is CCCn1c(SCC(=O)NCC2CCCO2)nc2cc(Cl)ccc21. The highest BCUT2D eigenvalue weighted by atomic mass is 35.5. The van der Waals surface area contributed by atoms with Gasteiger partial charge in [-0.1, -0.05) is 30.3 Å². The lowest BCUT2D eigenvalue weighted by atomic mass is 10.2. The maximum atomic E-state index is 12.1. The van der Waals surface area contributed by atoms with E-state index in [2.05, 4.69) is 21.8 Å². The molecule has 24 heavy (non-hydrogen) atoms. The molecule has 1 atom stereocenters. The smallest absolute Gasteiger partial charge is 0.230 e. The first-order valence-electron chi connectivity index (χ1n) is 8.34. The van der Waals surface area contributed by atoms with Crippen molar-refractivity contribution in [1.82, 2.24) is 14.9 Å². The van der Waals surface area contributed by atoms with Gasteiger partial charge in [0, 0.05) is 24.7 Å². The van der Waals surface area contributed by atoms with Gasteiger partial charge in [-0.05, 0) is 37.5 Å². The number of nitrogens with one attached hydrogen (secondary N) is 1. The van der Waals surface area contributed by atoms with Crippen molar-refractivity contribution in [2.24, 2.45) is 0 Å². The molecule has 0 saturated carbocycles. The highest BCUT2D eigenvalue weighted by molar-refractivity contribution is 7.99. The first-order valence-corrected chi connectivity index (χ1v) is 9.70. The van der Waals surface area contributed by atoms with Gasteiger partial charge in [-0.25, -0.2) is 4.98 Å². The third-order valence-corrected chi connectivity index (χ3v) is 5.22. The van der Waals surface area contributed by atoms with E-state index in [1.165, 1.54) is 11.8 Å². The molecule has 1 aromatic carbocycles. The lowest BCUT2D eigenvalue weighted by Gasteiger charge is -2.11. The number of ether oxygens (including phenoxy) is 1. The molecule has 7 heteroatoms. The summed E-state index contributed by atoms with van der Waals surface area (Å²) in [6.07, 6.45) is 3.29. The van der Waals surface area contributed by atoms with Crippen molar-refractivity contribution >= 4 is 40.3 Å². The molecular formula is C17H22ClN3O2S. The van der Waals surface area contributed by atoms with Gasteiger partial charge < -0.3 is 14.6 Å². The maximum Gasteiger partial charge on any atom is 0.230 e. The van der Waals surface area contributed by atoms with E-state index in [4.69, 9.17) is 16.3 Å². The van der Waals surface area contributed by atoms with Gasteiger partial charge in [0.05, 0.1) is 22.9 Å². The van der Waals surface area contributed by atoms with E-state index in [1.807, 2.05) is 18.2 Å². The number of aryl methyl sites for hydroxylation is 1. The zero-order valence-electron chi connectivity index (χ0n) is 13.8. The molecule has 0 bridgehead atoms. The van der Waals surface area contributed by atoms with Gasteiger partial charge in [0.15, 0.2) is 5.16 Å². The minimum absolute atomic E-state index is 0.0173. The summed E-state index contributed by atoms with van der Waals surface area (Å²) in [5.41, 5.74) is 1.93. The van der Waals surface area contributed by atoms with E-state index in [-0.39, 0.29) is 12.0 Å². The van der Waals surface area contributed by atoms with E-state index in [0.717, 1.165) is 48.6 Å². The molecule has 1 aromatic heterocycles. The van der Waals surface area contributed by atoms with E-state index in [9.17, 15) is 4.79 Å². The number of nitrogens with zero attached hydrogens (tertiary/aromatic N) is 2. The number of carbonyl (C=O) groups is 1. The van der Waals surface area contributed by atoms with Crippen molar-refractivity contribution in [3.8, 4) is 0 Å². The fourth-order valence-corrected chi connectivity index (χ4v) is 3.88. The first kappa shape index (κ1) is 17.6. The molecule has 2 aromatic rings. The van der Waals surface area contributed by atoms with Crippen LogP contribution in [0.15, 0.2) is 23.4 Å². The normalized spacial score (nSPS) is 17.5. The van der Waals surface area contributed by atoms with Gasteiger partial charge in [0.25, 0.3) is 0 Å². The lowest BCUT2D eigenvalue weighted by Crippen LogP contribution is -2.32. The number of carbonyl (C=O) groups excluding carboxylic acids is 1. The van der Waals surface area contributed by atoms with Crippen LogP contribution in [0.5, 0.6) is 0 Å². The number of halogens is 1. The van der Waals surface area contributed by atoms with Gasteiger partial charge in [0.1, 0.15) is 0 Å². The molecule has 1 aliphatic heterocycles. The number of thioether (sulfide) groups is 1. The molecule has 1 saturated heterocycles. The summed E-state index contributed by atoms with van der Waals surface area (Å²) in [6.45, 7) is 4.40. The van der Waals surface area contributed by atoms with Crippen LogP contribution in [0.3, 0.4) is 0 Å². The summed E-state index contributed by atoms with van der Waals surface area (Å²) in [5, 5.41) is 4.48. The monoisotopic (exact) mass is 367 g/mol. The lowest BCUT2D eigenvalue weighted by molar-refractivity contribution is -0.119. The topological polar surface area (TPSA) is 56.2 Å². The van der Waals surface area contributed by atoms with Crippen molar-refractivity contribution in [2.45, 2.75) is 44.0 Å². The number of amides is 1. The quantitative estimate of drug-likeness (QED) is 0.761. The molecule has 2 heterocycles. The molecule has 0 spiro atoms. The number of rotatable bonds is 7. The van der Waals surface area contributed by atoms with Crippen molar-refractivity contribution in [1.29, 1.82) is 0 Å². The molecule has 1 N–H and O–H groups in total. The number of fused-ring (bicyclic) bond motifs is 1. The minimum atomic E-state index is 0.0173. The molecule has 1 amide bonds. The van der Waals surface area contributed by atoms with Crippen LogP contribution in [0, 0.1) is 0 Å². The Bertz CT molecular complexity index is 713. The van der Waals surface area contributed by atoms with Crippen molar-refractivity contribution in [3.63, 3.8) is 0 Å². The Kier molecular flexibility index (Phi) is 6.03. The molecule has 0 aliphatic carbocycles. The molecule has 1 unspecified atom stereocenters. The summed E-state index contributed by atoms with van der Waals surface area (Å²) in [7, 11) is 0. The first-order chi connectivity index (χ1) is 11.7. The Labute approximate surface area is 151 Å². The van der Waals surface area contributed by atoms with Crippen LogP contribution >= 0.6 is 23.4 Å².